The van der Waals surface area contributed by atoms with E-state index in [4.69, 9.17) is 4.74 Å². The summed E-state index contributed by atoms with van der Waals surface area (Å²) in [5.74, 6) is 0.558. The summed E-state index contributed by atoms with van der Waals surface area (Å²) >= 11 is 0. The van der Waals surface area contributed by atoms with E-state index in [0.29, 0.717) is 25.0 Å². The largest absolute Gasteiger partial charge is 0.495 e. The lowest BCUT2D eigenvalue weighted by Crippen LogP contribution is -2.46. The zero-order valence-electron chi connectivity index (χ0n) is 12.7. The maximum absolute atomic E-state index is 12.6. The van der Waals surface area contributed by atoms with E-state index in [-0.39, 0.29) is 23.0 Å². The molecule has 2 N–H and O–H groups in total. The van der Waals surface area contributed by atoms with Crippen LogP contribution in [0.15, 0.2) is 23.1 Å². The van der Waals surface area contributed by atoms with Crippen LogP contribution in [0, 0.1) is 12.8 Å². The first-order valence-electron chi connectivity index (χ1n) is 7.22. The molecule has 0 radical (unpaired) electrons. The molecule has 1 fully saturated rings. The summed E-state index contributed by atoms with van der Waals surface area (Å²) in [5.41, 5.74) is 0.944. The Hall–Kier alpha value is -1.11. The van der Waals surface area contributed by atoms with Crippen LogP contribution in [0.5, 0.6) is 5.75 Å². The second kappa shape index (κ2) is 6.34. The van der Waals surface area contributed by atoms with Crippen LogP contribution in [0.25, 0.3) is 0 Å². The summed E-state index contributed by atoms with van der Waals surface area (Å²) in [5, 5.41) is 9.39. The van der Waals surface area contributed by atoms with Crippen LogP contribution < -0.4 is 9.46 Å². The van der Waals surface area contributed by atoms with Crippen LogP contribution in [0.4, 0.5) is 0 Å². The summed E-state index contributed by atoms with van der Waals surface area (Å²) in [6, 6.07) is 4.89. The second-order valence-electron chi connectivity index (χ2n) is 5.68. The lowest BCUT2D eigenvalue weighted by molar-refractivity contribution is 0.0277. The number of sulfonamides is 1. The molecule has 0 heterocycles. The predicted octanol–water partition coefficient (Wildman–Crippen LogP) is 1.83. The van der Waals surface area contributed by atoms with Gasteiger partial charge in [-0.05, 0) is 49.8 Å². The molecule has 118 valence electrons. The van der Waals surface area contributed by atoms with Crippen LogP contribution in [0.1, 0.15) is 31.7 Å². The molecule has 5 nitrogen and oxygen atoms in total. The highest BCUT2D eigenvalue weighted by Gasteiger charge is 2.35. The third-order valence-electron chi connectivity index (χ3n) is 4.07. The van der Waals surface area contributed by atoms with E-state index in [1.807, 2.05) is 13.8 Å². The number of hydrogen-bond donors (Lipinski definition) is 2. The molecule has 1 aromatic carbocycles. The van der Waals surface area contributed by atoms with E-state index < -0.39 is 10.0 Å². The quantitative estimate of drug-likeness (QED) is 0.840. The number of ether oxygens (including phenoxy) is 1. The molecule has 0 aliphatic heterocycles. The Bertz CT molecular complexity index is 594. The van der Waals surface area contributed by atoms with Crippen LogP contribution in [-0.2, 0) is 10.0 Å². The van der Waals surface area contributed by atoms with Crippen molar-refractivity contribution in [3.8, 4) is 5.75 Å². The first-order valence-corrected chi connectivity index (χ1v) is 8.70. The molecule has 2 rings (SSSR count). The normalized spacial score (nSPS) is 23.4. The molecule has 0 bridgehead atoms. The fourth-order valence-corrected chi connectivity index (χ4v) is 4.27. The van der Waals surface area contributed by atoms with Gasteiger partial charge in [0.05, 0.1) is 13.2 Å². The average molecular weight is 313 g/mol. The molecule has 1 unspecified atom stereocenters. The number of methoxy groups -OCH3 is 1. The second-order valence-corrected chi connectivity index (χ2v) is 7.36. The van der Waals surface area contributed by atoms with Gasteiger partial charge in [0.25, 0.3) is 0 Å². The summed E-state index contributed by atoms with van der Waals surface area (Å²) in [6.45, 7) is 3.83. The number of nitrogens with one attached hydrogen (secondary N) is 1. The molecular formula is C15H23NO4S. The smallest absolute Gasteiger partial charge is 0.244 e. The van der Waals surface area contributed by atoms with Crippen molar-refractivity contribution in [3.63, 3.8) is 0 Å². The van der Waals surface area contributed by atoms with Gasteiger partial charge in [-0.3, -0.25) is 0 Å². The van der Waals surface area contributed by atoms with Crippen molar-refractivity contribution in [2.24, 2.45) is 5.92 Å². The van der Waals surface area contributed by atoms with Crippen molar-refractivity contribution in [2.75, 3.05) is 7.11 Å². The van der Waals surface area contributed by atoms with Gasteiger partial charge in [-0.15, -0.1) is 0 Å². The van der Waals surface area contributed by atoms with Gasteiger partial charge in [0.2, 0.25) is 10.0 Å². The minimum atomic E-state index is -3.63. The number of aliphatic hydroxyl groups excluding tert-OH is 1. The fraction of sp³-hybridized carbons (Fsp3) is 0.600. The van der Waals surface area contributed by atoms with Gasteiger partial charge < -0.3 is 9.84 Å². The van der Waals surface area contributed by atoms with E-state index in [2.05, 4.69) is 4.72 Å². The SMILES string of the molecule is CCC(NS(=O)(=O)c1ccc(C)cc1OC)C1CC(O)C1. The molecule has 1 aromatic rings. The van der Waals surface area contributed by atoms with Gasteiger partial charge in [0.1, 0.15) is 10.6 Å². The number of aryl methyl sites for hydroxylation is 1. The topological polar surface area (TPSA) is 75.6 Å². The van der Waals surface area contributed by atoms with Gasteiger partial charge in [-0.25, -0.2) is 13.1 Å². The zero-order valence-corrected chi connectivity index (χ0v) is 13.5. The summed E-state index contributed by atoms with van der Waals surface area (Å²) in [6.07, 6.45) is 1.73. The van der Waals surface area contributed by atoms with Crippen molar-refractivity contribution < 1.29 is 18.3 Å². The van der Waals surface area contributed by atoms with Crippen LogP contribution >= 0.6 is 0 Å². The zero-order chi connectivity index (χ0) is 15.6. The minimum absolute atomic E-state index is 0.149. The van der Waals surface area contributed by atoms with Gasteiger partial charge in [0, 0.05) is 6.04 Å². The van der Waals surface area contributed by atoms with Crippen molar-refractivity contribution in [2.45, 2.75) is 50.2 Å². The molecular weight excluding hydrogens is 290 g/mol. The number of hydrogen-bond acceptors (Lipinski definition) is 4. The molecule has 6 heteroatoms. The molecule has 0 saturated heterocycles. The summed E-state index contributed by atoms with van der Waals surface area (Å²) in [7, 11) is -2.16. The molecule has 1 aliphatic carbocycles. The first kappa shape index (κ1) is 16.3. The van der Waals surface area contributed by atoms with E-state index >= 15 is 0 Å². The third-order valence-corrected chi connectivity index (χ3v) is 5.60. The first-order chi connectivity index (χ1) is 9.87. The van der Waals surface area contributed by atoms with Crippen molar-refractivity contribution in [3.05, 3.63) is 23.8 Å². The molecule has 1 aliphatic rings. The lowest BCUT2D eigenvalue weighted by Gasteiger charge is -2.37. The van der Waals surface area contributed by atoms with Crippen molar-refractivity contribution >= 4 is 10.0 Å². The van der Waals surface area contributed by atoms with E-state index in [9.17, 15) is 13.5 Å². The van der Waals surface area contributed by atoms with E-state index in [0.717, 1.165) is 5.56 Å². The Morgan fingerprint density at radius 2 is 2.10 bits per heavy atom. The maximum atomic E-state index is 12.6. The summed E-state index contributed by atoms with van der Waals surface area (Å²) < 4.78 is 33.1. The third kappa shape index (κ3) is 3.56. The molecule has 0 amide bonds. The Morgan fingerprint density at radius 3 is 2.62 bits per heavy atom. The Kier molecular flexibility index (Phi) is 4.91. The van der Waals surface area contributed by atoms with E-state index in [1.54, 1.807) is 18.2 Å². The molecule has 1 saturated carbocycles. The fourth-order valence-electron chi connectivity index (χ4n) is 2.73. The van der Waals surface area contributed by atoms with Gasteiger partial charge >= 0.3 is 0 Å². The molecule has 21 heavy (non-hydrogen) atoms. The standard InChI is InChI=1S/C15H23NO4S/c1-4-13(11-8-12(17)9-11)16-21(18,19)15-6-5-10(2)7-14(15)20-3/h5-7,11-13,16-17H,4,8-9H2,1-3H3. The summed E-state index contributed by atoms with van der Waals surface area (Å²) in [4.78, 5) is 0.161. The lowest BCUT2D eigenvalue weighted by atomic mass is 9.77. The number of rotatable bonds is 6. The van der Waals surface area contributed by atoms with E-state index in [1.165, 1.54) is 7.11 Å². The Morgan fingerprint density at radius 1 is 1.43 bits per heavy atom. The van der Waals surface area contributed by atoms with Crippen molar-refractivity contribution in [1.29, 1.82) is 0 Å². The van der Waals surface area contributed by atoms with Gasteiger partial charge in [-0.1, -0.05) is 13.0 Å². The van der Waals surface area contributed by atoms with Crippen LogP contribution in [0.3, 0.4) is 0 Å². The Balaban J connectivity index is 2.21. The predicted molar refractivity (Wildman–Crippen MR) is 80.9 cm³/mol. The van der Waals surface area contributed by atoms with Crippen molar-refractivity contribution in [1.82, 2.24) is 4.72 Å². The highest BCUT2D eigenvalue weighted by molar-refractivity contribution is 7.89. The van der Waals surface area contributed by atoms with Crippen LogP contribution in [0.2, 0.25) is 0 Å². The van der Waals surface area contributed by atoms with Gasteiger partial charge in [-0.2, -0.15) is 0 Å². The monoisotopic (exact) mass is 313 g/mol. The van der Waals surface area contributed by atoms with Crippen LogP contribution in [-0.4, -0.2) is 32.8 Å². The minimum Gasteiger partial charge on any atom is -0.495 e. The molecule has 1 atom stereocenters. The van der Waals surface area contributed by atoms with Gasteiger partial charge in [0.15, 0.2) is 0 Å². The number of aliphatic hydroxyl groups is 1. The Labute approximate surface area is 126 Å². The highest BCUT2D eigenvalue weighted by atomic mass is 32.2. The maximum Gasteiger partial charge on any atom is 0.244 e. The highest BCUT2D eigenvalue weighted by Crippen LogP contribution is 2.33. The average Bonchev–Trinajstić information content (AvgIpc) is 2.41. The molecule has 0 aromatic heterocycles. The molecule has 0 spiro atoms. The number of benzene rings is 1.